The van der Waals surface area contributed by atoms with Gasteiger partial charge in [-0.25, -0.2) is 0 Å². The number of piperidine rings is 1. The standard InChI is InChI=1S/C20H26N4O2/c1-14-6-5-7-15(10-14)19-16(11-21-23-19)20(25)22-17-12-26-13-18(17)24-8-3-2-4-9-24/h5-7,10-11,17-18H,2-4,8-9,12-13H2,1H3,(H,21,23)(H,22,25)/t17-,18-/m0/s1. The molecular weight excluding hydrogens is 328 g/mol. The number of ether oxygens (including phenoxy) is 1. The minimum Gasteiger partial charge on any atom is -0.378 e. The zero-order valence-electron chi connectivity index (χ0n) is 15.2. The van der Waals surface area contributed by atoms with Crippen LogP contribution in [0, 0.1) is 6.92 Å². The molecule has 26 heavy (non-hydrogen) atoms. The van der Waals surface area contributed by atoms with Crippen LogP contribution in [0.3, 0.4) is 0 Å². The van der Waals surface area contributed by atoms with Crippen molar-refractivity contribution in [1.82, 2.24) is 20.4 Å². The number of hydrogen-bond acceptors (Lipinski definition) is 4. The minimum atomic E-state index is -0.0900. The Morgan fingerprint density at radius 3 is 2.92 bits per heavy atom. The lowest BCUT2D eigenvalue weighted by atomic mass is 10.0. The number of aromatic nitrogens is 2. The lowest BCUT2D eigenvalue weighted by Crippen LogP contribution is -2.52. The first-order valence-electron chi connectivity index (χ1n) is 9.45. The zero-order chi connectivity index (χ0) is 17.9. The summed E-state index contributed by atoms with van der Waals surface area (Å²) >= 11 is 0. The second-order valence-corrected chi connectivity index (χ2v) is 7.31. The second kappa shape index (κ2) is 7.60. The first kappa shape index (κ1) is 17.2. The van der Waals surface area contributed by atoms with Crippen LogP contribution in [0.5, 0.6) is 0 Å². The molecule has 0 radical (unpaired) electrons. The van der Waals surface area contributed by atoms with Gasteiger partial charge in [-0.2, -0.15) is 5.10 Å². The number of likely N-dealkylation sites (tertiary alicyclic amines) is 1. The fourth-order valence-corrected chi connectivity index (χ4v) is 4.02. The third-order valence-corrected chi connectivity index (χ3v) is 5.42. The van der Waals surface area contributed by atoms with E-state index in [1.54, 1.807) is 6.20 Å². The van der Waals surface area contributed by atoms with E-state index < -0.39 is 0 Å². The van der Waals surface area contributed by atoms with Crippen molar-refractivity contribution in [2.45, 2.75) is 38.3 Å². The van der Waals surface area contributed by atoms with Crippen LogP contribution in [0.25, 0.3) is 11.3 Å². The molecule has 0 bridgehead atoms. The summed E-state index contributed by atoms with van der Waals surface area (Å²) in [5, 5.41) is 10.3. The second-order valence-electron chi connectivity index (χ2n) is 7.31. The average molecular weight is 354 g/mol. The summed E-state index contributed by atoms with van der Waals surface area (Å²) in [6.45, 7) is 5.51. The Kier molecular flexibility index (Phi) is 5.04. The predicted molar refractivity (Wildman–Crippen MR) is 100 cm³/mol. The smallest absolute Gasteiger partial charge is 0.255 e. The highest BCUT2D eigenvalue weighted by Crippen LogP contribution is 2.23. The van der Waals surface area contributed by atoms with Gasteiger partial charge in [0.2, 0.25) is 0 Å². The van der Waals surface area contributed by atoms with Crippen molar-refractivity contribution in [3.05, 3.63) is 41.6 Å². The normalized spacial score (nSPS) is 23.9. The van der Waals surface area contributed by atoms with Gasteiger partial charge in [-0.1, -0.05) is 30.2 Å². The molecule has 6 heteroatoms. The number of carbonyl (C=O) groups excluding carboxylic acids is 1. The molecule has 2 aromatic rings. The third kappa shape index (κ3) is 3.52. The van der Waals surface area contributed by atoms with E-state index >= 15 is 0 Å². The van der Waals surface area contributed by atoms with Crippen molar-refractivity contribution in [1.29, 1.82) is 0 Å². The van der Waals surface area contributed by atoms with E-state index in [0.29, 0.717) is 18.8 Å². The van der Waals surface area contributed by atoms with Crippen molar-refractivity contribution >= 4 is 5.91 Å². The number of aryl methyl sites for hydroxylation is 1. The molecule has 0 aliphatic carbocycles. The topological polar surface area (TPSA) is 70.2 Å². The van der Waals surface area contributed by atoms with Gasteiger partial charge in [-0.3, -0.25) is 14.8 Å². The number of nitrogens with zero attached hydrogens (tertiary/aromatic N) is 2. The number of benzene rings is 1. The highest BCUT2D eigenvalue weighted by molar-refractivity contribution is 6.00. The molecule has 1 aromatic carbocycles. The SMILES string of the molecule is Cc1cccc(-c2[nH]ncc2C(=O)N[C@H]2COC[C@@H]2N2CCCCC2)c1. The quantitative estimate of drug-likeness (QED) is 0.884. The summed E-state index contributed by atoms with van der Waals surface area (Å²) in [6, 6.07) is 8.38. The first-order valence-corrected chi connectivity index (χ1v) is 9.45. The average Bonchev–Trinajstić information content (AvgIpc) is 3.32. The summed E-state index contributed by atoms with van der Waals surface area (Å²) in [5.41, 5.74) is 3.47. The number of carbonyl (C=O) groups is 1. The Bertz CT molecular complexity index is 767. The molecule has 1 amide bonds. The molecule has 2 saturated heterocycles. The Morgan fingerprint density at radius 1 is 1.27 bits per heavy atom. The largest absolute Gasteiger partial charge is 0.378 e. The maximum atomic E-state index is 12.9. The number of H-pyrrole nitrogens is 1. The Morgan fingerprint density at radius 2 is 2.12 bits per heavy atom. The fourth-order valence-electron chi connectivity index (χ4n) is 4.02. The monoisotopic (exact) mass is 354 g/mol. The number of nitrogens with one attached hydrogen (secondary N) is 2. The van der Waals surface area contributed by atoms with Gasteiger partial charge in [0.15, 0.2) is 0 Å². The van der Waals surface area contributed by atoms with E-state index in [9.17, 15) is 4.79 Å². The molecule has 138 valence electrons. The third-order valence-electron chi connectivity index (χ3n) is 5.42. The number of rotatable bonds is 4. The Hall–Kier alpha value is -2.18. The molecule has 0 unspecified atom stereocenters. The van der Waals surface area contributed by atoms with Crippen LogP contribution in [0.15, 0.2) is 30.5 Å². The van der Waals surface area contributed by atoms with Crippen LogP contribution in [0.4, 0.5) is 0 Å². The van der Waals surface area contributed by atoms with Gasteiger partial charge >= 0.3 is 0 Å². The lowest BCUT2D eigenvalue weighted by Gasteiger charge is -2.34. The number of hydrogen-bond donors (Lipinski definition) is 2. The maximum Gasteiger partial charge on any atom is 0.255 e. The van der Waals surface area contributed by atoms with E-state index in [1.165, 1.54) is 19.3 Å². The molecule has 2 aliphatic rings. The van der Waals surface area contributed by atoms with E-state index in [4.69, 9.17) is 4.74 Å². The summed E-state index contributed by atoms with van der Waals surface area (Å²) in [5.74, 6) is -0.0900. The van der Waals surface area contributed by atoms with Crippen molar-refractivity contribution in [3.8, 4) is 11.3 Å². The Balaban J connectivity index is 1.49. The molecule has 0 saturated carbocycles. The van der Waals surface area contributed by atoms with Crippen molar-refractivity contribution < 1.29 is 9.53 Å². The molecule has 6 nitrogen and oxygen atoms in total. The van der Waals surface area contributed by atoms with E-state index in [2.05, 4.69) is 26.5 Å². The molecule has 2 atom stereocenters. The van der Waals surface area contributed by atoms with E-state index in [-0.39, 0.29) is 18.0 Å². The summed E-state index contributed by atoms with van der Waals surface area (Å²) in [7, 11) is 0. The summed E-state index contributed by atoms with van der Waals surface area (Å²) < 4.78 is 5.69. The van der Waals surface area contributed by atoms with Crippen molar-refractivity contribution in [2.75, 3.05) is 26.3 Å². The lowest BCUT2D eigenvalue weighted by molar-refractivity contribution is 0.0900. The van der Waals surface area contributed by atoms with Gasteiger partial charge in [0.25, 0.3) is 5.91 Å². The highest BCUT2D eigenvalue weighted by atomic mass is 16.5. The zero-order valence-corrected chi connectivity index (χ0v) is 15.2. The van der Waals surface area contributed by atoms with Crippen LogP contribution < -0.4 is 5.32 Å². The first-order chi connectivity index (χ1) is 12.7. The van der Waals surface area contributed by atoms with Crippen LogP contribution >= 0.6 is 0 Å². The molecule has 2 N–H and O–H groups in total. The fraction of sp³-hybridized carbons (Fsp3) is 0.500. The van der Waals surface area contributed by atoms with Crippen LogP contribution in [-0.2, 0) is 4.74 Å². The van der Waals surface area contributed by atoms with Gasteiger partial charge in [-0.15, -0.1) is 0 Å². The van der Waals surface area contributed by atoms with Gasteiger partial charge < -0.3 is 10.1 Å². The van der Waals surface area contributed by atoms with Crippen LogP contribution in [-0.4, -0.2) is 59.4 Å². The van der Waals surface area contributed by atoms with Gasteiger partial charge in [0, 0.05) is 5.56 Å². The molecule has 2 fully saturated rings. The summed E-state index contributed by atoms with van der Waals surface area (Å²) in [4.78, 5) is 15.4. The van der Waals surface area contributed by atoms with Gasteiger partial charge in [0.1, 0.15) is 0 Å². The highest BCUT2D eigenvalue weighted by Gasteiger charge is 2.35. The van der Waals surface area contributed by atoms with Gasteiger partial charge in [-0.05, 0) is 38.9 Å². The molecule has 0 spiro atoms. The molecule has 2 aliphatic heterocycles. The van der Waals surface area contributed by atoms with E-state index in [0.717, 1.165) is 29.9 Å². The Labute approximate surface area is 153 Å². The molecule has 1 aromatic heterocycles. The van der Waals surface area contributed by atoms with E-state index in [1.807, 2.05) is 25.1 Å². The van der Waals surface area contributed by atoms with Crippen LogP contribution in [0.2, 0.25) is 0 Å². The number of amides is 1. The molecule has 3 heterocycles. The summed E-state index contributed by atoms with van der Waals surface area (Å²) in [6.07, 6.45) is 5.38. The molecule has 4 rings (SSSR count). The van der Waals surface area contributed by atoms with Crippen molar-refractivity contribution in [2.24, 2.45) is 0 Å². The predicted octanol–water partition coefficient (Wildman–Crippen LogP) is 2.37. The van der Waals surface area contributed by atoms with Crippen molar-refractivity contribution in [3.63, 3.8) is 0 Å². The molecular formula is C20H26N4O2. The minimum absolute atomic E-state index is 0.0286. The van der Waals surface area contributed by atoms with Gasteiger partial charge in [0.05, 0.1) is 42.8 Å². The number of aromatic amines is 1. The van der Waals surface area contributed by atoms with Crippen LogP contribution in [0.1, 0.15) is 35.2 Å². The maximum absolute atomic E-state index is 12.9.